The molecule has 1 fully saturated rings. The number of amides is 1. The van der Waals surface area contributed by atoms with Crippen molar-refractivity contribution in [2.45, 2.75) is 57.6 Å². The highest BCUT2D eigenvalue weighted by molar-refractivity contribution is 7.92. The van der Waals surface area contributed by atoms with Gasteiger partial charge < -0.3 is 15.4 Å². The first-order valence-electron chi connectivity index (χ1n) is 10.2. The molecule has 4 rings (SSSR count). The number of H-pyrrole nitrogens is 1. The van der Waals surface area contributed by atoms with Crippen LogP contribution in [-0.2, 0) is 21.2 Å². The molecule has 1 saturated carbocycles. The molecule has 10 heteroatoms. The van der Waals surface area contributed by atoms with Crippen LogP contribution in [-0.4, -0.2) is 42.6 Å². The van der Waals surface area contributed by atoms with Gasteiger partial charge in [-0.2, -0.15) is 5.10 Å². The zero-order valence-corrected chi connectivity index (χ0v) is 17.9. The molecule has 1 aliphatic carbocycles. The van der Waals surface area contributed by atoms with Crippen molar-refractivity contribution in [1.82, 2.24) is 15.5 Å². The molecule has 2 aliphatic rings. The van der Waals surface area contributed by atoms with Gasteiger partial charge in [0.2, 0.25) is 10.0 Å². The number of aromatic amines is 1. The predicted octanol–water partition coefficient (Wildman–Crippen LogP) is 3.22. The summed E-state index contributed by atoms with van der Waals surface area (Å²) in [5.41, 5.74) is 3.38. The van der Waals surface area contributed by atoms with Crippen LogP contribution in [0.1, 0.15) is 50.3 Å². The molecule has 1 aliphatic heterocycles. The Morgan fingerprint density at radius 1 is 1.30 bits per heavy atom. The van der Waals surface area contributed by atoms with Crippen molar-refractivity contribution in [3.05, 3.63) is 35.5 Å². The molecule has 0 saturated heterocycles. The Kier molecular flexibility index (Phi) is 5.59. The maximum atomic E-state index is 11.8. The van der Waals surface area contributed by atoms with E-state index in [0.717, 1.165) is 36.2 Å². The van der Waals surface area contributed by atoms with Gasteiger partial charge in [0, 0.05) is 35.0 Å². The minimum Gasteiger partial charge on any atom is -0.446 e. The Hall–Kier alpha value is -2.75. The van der Waals surface area contributed by atoms with Gasteiger partial charge in [0.25, 0.3) is 0 Å². The molecule has 2 heterocycles. The van der Waals surface area contributed by atoms with Crippen molar-refractivity contribution in [2.75, 3.05) is 15.8 Å². The van der Waals surface area contributed by atoms with Crippen LogP contribution >= 0.6 is 0 Å². The van der Waals surface area contributed by atoms with Crippen LogP contribution in [0.3, 0.4) is 0 Å². The molecule has 0 spiro atoms. The first-order chi connectivity index (χ1) is 14.3. The summed E-state index contributed by atoms with van der Waals surface area (Å²) in [6.45, 7) is 3.80. The van der Waals surface area contributed by atoms with Crippen molar-refractivity contribution >= 4 is 33.3 Å². The first kappa shape index (κ1) is 20.5. The lowest BCUT2D eigenvalue weighted by Crippen LogP contribution is -2.33. The molecule has 9 nitrogen and oxygen atoms in total. The van der Waals surface area contributed by atoms with Gasteiger partial charge in [-0.1, -0.05) is 6.07 Å². The third-order valence-corrected chi connectivity index (χ3v) is 6.70. The molecule has 4 N–H and O–H groups in total. The molecule has 1 aromatic heterocycles. The lowest BCUT2D eigenvalue weighted by atomic mass is 10.0. The highest BCUT2D eigenvalue weighted by Crippen LogP contribution is 2.37. The number of carbonyl (C=O) groups excluding carboxylic acids is 1. The molecule has 0 bridgehead atoms. The second kappa shape index (κ2) is 8.17. The molecule has 30 heavy (non-hydrogen) atoms. The summed E-state index contributed by atoms with van der Waals surface area (Å²) in [4.78, 5) is 11.8. The second-order valence-electron chi connectivity index (χ2n) is 8.17. The van der Waals surface area contributed by atoms with Crippen LogP contribution in [0.2, 0.25) is 0 Å². The number of nitrogens with one attached hydrogen (secondary N) is 4. The number of anilines is 3. The predicted molar refractivity (Wildman–Crippen MR) is 115 cm³/mol. The number of hydrogen-bond donors (Lipinski definition) is 4. The van der Waals surface area contributed by atoms with Gasteiger partial charge in [0.15, 0.2) is 5.82 Å². The third kappa shape index (κ3) is 4.69. The molecular weight excluding hydrogens is 406 g/mol. The van der Waals surface area contributed by atoms with E-state index in [9.17, 15) is 13.2 Å². The van der Waals surface area contributed by atoms with E-state index < -0.39 is 10.0 Å². The third-order valence-electron chi connectivity index (χ3n) is 5.43. The molecule has 2 atom stereocenters. The SMILES string of the molecule is CC(C)NC(=O)O[C@@H]1CC[C@H](c2cc(Nc3cccc4c3CCS(=O)(=O)N4)n[nH]2)C1. The summed E-state index contributed by atoms with van der Waals surface area (Å²) in [7, 11) is -3.25. The van der Waals surface area contributed by atoms with E-state index >= 15 is 0 Å². The van der Waals surface area contributed by atoms with Gasteiger partial charge in [-0.15, -0.1) is 0 Å². The van der Waals surface area contributed by atoms with E-state index in [-0.39, 0.29) is 29.9 Å². The molecule has 2 aromatic rings. The van der Waals surface area contributed by atoms with Gasteiger partial charge in [-0.05, 0) is 51.7 Å². The molecule has 1 amide bonds. The summed E-state index contributed by atoms with van der Waals surface area (Å²) < 4.78 is 31.7. The smallest absolute Gasteiger partial charge is 0.407 e. The van der Waals surface area contributed by atoms with E-state index in [1.807, 2.05) is 32.0 Å². The highest BCUT2D eigenvalue weighted by atomic mass is 32.2. The summed E-state index contributed by atoms with van der Waals surface area (Å²) in [5.74, 6) is 0.994. The molecule has 0 unspecified atom stereocenters. The number of nitrogens with zero attached hydrogens (tertiary/aromatic N) is 1. The fraction of sp³-hybridized carbons (Fsp3) is 0.500. The van der Waals surface area contributed by atoms with Gasteiger partial charge in [0.05, 0.1) is 11.4 Å². The quantitative estimate of drug-likeness (QED) is 0.574. The van der Waals surface area contributed by atoms with E-state index in [0.29, 0.717) is 17.9 Å². The first-order valence-corrected chi connectivity index (χ1v) is 11.9. The Bertz CT molecular complexity index is 1030. The van der Waals surface area contributed by atoms with Crippen molar-refractivity contribution in [3.8, 4) is 0 Å². The Morgan fingerprint density at radius 3 is 2.93 bits per heavy atom. The van der Waals surface area contributed by atoms with E-state index in [1.165, 1.54) is 0 Å². The van der Waals surface area contributed by atoms with Gasteiger partial charge >= 0.3 is 6.09 Å². The minimum absolute atomic E-state index is 0.0509. The van der Waals surface area contributed by atoms with E-state index in [4.69, 9.17) is 4.74 Å². The van der Waals surface area contributed by atoms with Crippen LogP contribution in [0.4, 0.5) is 22.0 Å². The number of ether oxygens (including phenoxy) is 1. The fourth-order valence-corrected chi connectivity index (χ4v) is 5.12. The number of sulfonamides is 1. The van der Waals surface area contributed by atoms with Gasteiger partial charge in [-0.3, -0.25) is 9.82 Å². The Morgan fingerprint density at radius 2 is 2.13 bits per heavy atom. The number of aromatic nitrogens is 2. The largest absolute Gasteiger partial charge is 0.446 e. The second-order valence-corrected chi connectivity index (χ2v) is 10.0. The highest BCUT2D eigenvalue weighted by Gasteiger charge is 2.30. The Labute approximate surface area is 176 Å². The number of hydrogen-bond acceptors (Lipinski definition) is 6. The van der Waals surface area contributed by atoms with E-state index in [2.05, 4.69) is 25.6 Å². The molecular formula is C20H27N5O4S. The number of rotatable bonds is 5. The number of benzene rings is 1. The minimum atomic E-state index is -3.25. The maximum absolute atomic E-state index is 11.8. The standard InChI is InChI=1S/C20H27N5O4S/c1-12(2)21-20(26)29-14-7-6-13(10-14)18-11-19(24-23-18)22-16-4-3-5-17-15(16)8-9-30(27,28)25-17/h3-5,11-14,25H,6-10H2,1-2H3,(H,21,26)(H2,22,23,24)/t13-,14+/m0/s1. The lowest BCUT2D eigenvalue weighted by Gasteiger charge is -2.21. The van der Waals surface area contributed by atoms with Crippen LogP contribution in [0, 0.1) is 0 Å². The zero-order valence-electron chi connectivity index (χ0n) is 17.1. The average molecular weight is 434 g/mol. The van der Waals surface area contributed by atoms with Crippen molar-refractivity contribution in [2.24, 2.45) is 0 Å². The number of alkyl carbamates (subject to hydrolysis) is 1. The van der Waals surface area contributed by atoms with Crippen molar-refractivity contribution in [1.29, 1.82) is 0 Å². The van der Waals surface area contributed by atoms with Crippen molar-refractivity contribution < 1.29 is 17.9 Å². The maximum Gasteiger partial charge on any atom is 0.407 e. The van der Waals surface area contributed by atoms with Crippen LogP contribution in [0.25, 0.3) is 0 Å². The zero-order chi connectivity index (χ0) is 21.3. The van der Waals surface area contributed by atoms with Crippen molar-refractivity contribution in [3.63, 3.8) is 0 Å². The average Bonchev–Trinajstić information content (AvgIpc) is 3.29. The summed E-state index contributed by atoms with van der Waals surface area (Å²) >= 11 is 0. The van der Waals surface area contributed by atoms with Crippen LogP contribution in [0.15, 0.2) is 24.3 Å². The topological polar surface area (TPSA) is 125 Å². The molecule has 162 valence electrons. The normalized spacial score (nSPS) is 22.2. The number of carbonyl (C=O) groups is 1. The molecule has 1 aromatic carbocycles. The summed E-state index contributed by atoms with van der Waals surface area (Å²) in [6, 6.07) is 7.51. The van der Waals surface area contributed by atoms with Crippen LogP contribution < -0.4 is 15.4 Å². The summed E-state index contributed by atoms with van der Waals surface area (Å²) in [5, 5.41) is 13.5. The fourth-order valence-electron chi connectivity index (χ4n) is 4.02. The van der Waals surface area contributed by atoms with E-state index in [1.54, 1.807) is 6.07 Å². The van der Waals surface area contributed by atoms with Gasteiger partial charge in [-0.25, -0.2) is 13.2 Å². The Balaban J connectivity index is 1.40. The molecule has 0 radical (unpaired) electrons. The monoisotopic (exact) mass is 433 g/mol. The summed E-state index contributed by atoms with van der Waals surface area (Å²) in [6.07, 6.45) is 2.49. The number of fused-ring (bicyclic) bond motifs is 1. The van der Waals surface area contributed by atoms with Gasteiger partial charge in [0.1, 0.15) is 6.10 Å². The lowest BCUT2D eigenvalue weighted by molar-refractivity contribution is 0.0981. The van der Waals surface area contributed by atoms with Crippen LogP contribution in [0.5, 0.6) is 0 Å².